The third kappa shape index (κ3) is 3.50. The summed E-state index contributed by atoms with van der Waals surface area (Å²) >= 11 is 0. The van der Waals surface area contributed by atoms with Crippen molar-refractivity contribution in [2.45, 2.75) is 50.9 Å². The van der Waals surface area contributed by atoms with Crippen molar-refractivity contribution in [3.63, 3.8) is 0 Å². The van der Waals surface area contributed by atoms with Gasteiger partial charge in [-0.15, -0.1) is 0 Å². The Kier molecular flexibility index (Phi) is 5.40. The molecule has 0 spiro atoms. The average molecular weight is 358 g/mol. The van der Waals surface area contributed by atoms with Gasteiger partial charge in [0.1, 0.15) is 11.6 Å². The average Bonchev–Trinajstić information content (AvgIpc) is 2.63. The van der Waals surface area contributed by atoms with E-state index < -0.39 is 17.2 Å². The Labute approximate surface area is 152 Å². The number of benzene rings is 2. The van der Waals surface area contributed by atoms with E-state index in [2.05, 4.69) is 6.92 Å². The molecular weight excluding hydrogens is 334 g/mol. The summed E-state index contributed by atoms with van der Waals surface area (Å²) in [5, 5.41) is 9.90. The summed E-state index contributed by atoms with van der Waals surface area (Å²) in [5.41, 5.74) is 0.454. The van der Waals surface area contributed by atoms with E-state index in [1.54, 1.807) is 12.1 Å². The summed E-state index contributed by atoms with van der Waals surface area (Å²) in [6, 6.07) is 10.3. The molecule has 0 heterocycles. The second-order valence-corrected chi connectivity index (χ2v) is 7.32. The van der Waals surface area contributed by atoms with E-state index in [1.165, 1.54) is 30.3 Å². The molecule has 4 heteroatoms. The molecule has 3 rings (SSSR count). The van der Waals surface area contributed by atoms with Crippen molar-refractivity contribution in [3.05, 3.63) is 59.7 Å². The smallest absolute Gasteiger partial charge is 0.314 e. The highest BCUT2D eigenvalue weighted by atomic mass is 19.1. The van der Waals surface area contributed by atoms with Crippen LogP contribution in [0.5, 0.6) is 0 Å². The highest BCUT2D eigenvalue weighted by Crippen LogP contribution is 2.44. The highest BCUT2D eigenvalue weighted by Gasteiger charge is 2.43. The molecule has 0 atom stereocenters. The van der Waals surface area contributed by atoms with Gasteiger partial charge in [0.2, 0.25) is 0 Å². The number of hydrogen-bond donors (Lipinski definition) is 1. The second-order valence-electron chi connectivity index (χ2n) is 7.32. The molecule has 0 aliphatic heterocycles. The van der Waals surface area contributed by atoms with Gasteiger partial charge in [0.25, 0.3) is 0 Å². The van der Waals surface area contributed by atoms with Crippen LogP contribution in [0.3, 0.4) is 0 Å². The summed E-state index contributed by atoms with van der Waals surface area (Å²) in [7, 11) is 0. The van der Waals surface area contributed by atoms with Gasteiger partial charge >= 0.3 is 5.97 Å². The quantitative estimate of drug-likeness (QED) is 0.718. The lowest BCUT2D eigenvalue weighted by Crippen LogP contribution is -2.39. The Bertz CT molecular complexity index is 775. The Morgan fingerprint density at radius 3 is 2.31 bits per heavy atom. The summed E-state index contributed by atoms with van der Waals surface area (Å²) in [6.07, 6.45) is 5.03. The topological polar surface area (TPSA) is 37.3 Å². The minimum Gasteiger partial charge on any atom is -0.481 e. The molecule has 0 bridgehead atoms. The molecule has 0 amide bonds. The number of carboxylic acid groups (broad SMARTS) is 1. The summed E-state index contributed by atoms with van der Waals surface area (Å²) in [4.78, 5) is 12.1. The second kappa shape index (κ2) is 7.56. The molecule has 0 saturated heterocycles. The van der Waals surface area contributed by atoms with Crippen LogP contribution >= 0.6 is 0 Å². The zero-order chi connectivity index (χ0) is 18.7. The lowest BCUT2D eigenvalue weighted by Gasteiger charge is -2.37. The normalized spacial score (nSPS) is 23.0. The van der Waals surface area contributed by atoms with Gasteiger partial charge in [-0.05, 0) is 60.9 Å². The number of hydrogen-bond acceptors (Lipinski definition) is 1. The van der Waals surface area contributed by atoms with Crippen molar-refractivity contribution in [1.82, 2.24) is 0 Å². The largest absolute Gasteiger partial charge is 0.481 e. The molecule has 0 aromatic heterocycles. The van der Waals surface area contributed by atoms with Crippen molar-refractivity contribution < 1.29 is 18.7 Å². The minimum atomic E-state index is -1.01. The number of carbonyl (C=O) groups is 1. The van der Waals surface area contributed by atoms with Gasteiger partial charge in [-0.25, -0.2) is 8.78 Å². The molecule has 2 aromatic carbocycles. The van der Waals surface area contributed by atoms with E-state index >= 15 is 0 Å². The predicted octanol–water partition coefficient (Wildman–Crippen LogP) is 5.94. The Balaban J connectivity index is 1.91. The highest BCUT2D eigenvalue weighted by molar-refractivity contribution is 5.82. The third-order valence-corrected chi connectivity index (χ3v) is 5.74. The molecule has 0 unspecified atom stereocenters. The summed E-state index contributed by atoms with van der Waals surface area (Å²) < 4.78 is 27.8. The molecule has 1 aliphatic carbocycles. The van der Waals surface area contributed by atoms with E-state index in [4.69, 9.17) is 0 Å². The van der Waals surface area contributed by atoms with Crippen LogP contribution in [0.15, 0.2) is 42.5 Å². The first-order valence-electron chi connectivity index (χ1n) is 9.25. The van der Waals surface area contributed by atoms with E-state index in [0.29, 0.717) is 35.4 Å². The minimum absolute atomic E-state index is 0.356. The van der Waals surface area contributed by atoms with E-state index in [0.717, 1.165) is 25.7 Å². The maximum atomic E-state index is 14.7. The molecular formula is C22H24F2O2. The van der Waals surface area contributed by atoms with Crippen molar-refractivity contribution in [3.8, 4) is 11.1 Å². The van der Waals surface area contributed by atoms with Crippen molar-refractivity contribution in [1.29, 1.82) is 0 Å². The fourth-order valence-corrected chi connectivity index (χ4v) is 4.17. The number of halogens is 2. The number of rotatable bonds is 5. The standard InChI is InChI=1S/C22H24F2O2/c1-2-3-15-10-12-22(13-11-15,21(25)26)17-6-9-19(20(24)14-17)16-4-7-18(23)8-5-16/h4-9,14-15H,2-3,10-13H2,1H3,(H,25,26). The van der Waals surface area contributed by atoms with Gasteiger partial charge < -0.3 is 5.11 Å². The van der Waals surface area contributed by atoms with Crippen LogP contribution in [-0.2, 0) is 10.2 Å². The van der Waals surface area contributed by atoms with Crippen molar-refractivity contribution in [2.24, 2.45) is 5.92 Å². The molecule has 1 fully saturated rings. The molecule has 2 aromatic rings. The molecule has 1 saturated carbocycles. The summed E-state index contributed by atoms with van der Waals surface area (Å²) in [6.45, 7) is 2.14. The van der Waals surface area contributed by atoms with Gasteiger partial charge in [-0.3, -0.25) is 4.79 Å². The molecule has 138 valence electrons. The predicted molar refractivity (Wildman–Crippen MR) is 98.0 cm³/mol. The van der Waals surface area contributed by atoms with Crippen LogP contribution in [0.25, 0.3) is 11.1 Å². The van der Waals surface area contributed by atoms with Crippen molar-refractivity contribution >= 4 is 5.97 Å². The fraction of sp³-hybridized carbons (Fsp3) is 0.409. The zero-order valence-electron chi connectivity index (χ0n) is 15.0. The molecule has 1 N–H and O–H groups in total. The SMILES string of the molecule is CCCC1CCC(C(=O)O)(c2ccc(-c3ccc(F)cc3)c(F)c2)CC1. The number of carboxylic acids is 1. The van der Waals surface area contributed by atoms with Crippen LogP contribution in [0, 0.1) is 17.6 Å². The van der Waals surface area contributed by atoms with Gasteiger partial charge in [0, 0.05) is 5.56 Å². The number of aliphatic carboxylic acids is 1. The Morgan fingerprint density at radius 1 is 1.12 bits per heavy atom. The van der Waals surface area contributed by atoms with E-state index in [1.807, 2.05) is 0 Å². The van der Waals surface area contributed by atoms with Gasteiger partial charge in [-0.2, -0.15) is 0 Å². The van der Waals surface area contributed by atoms with Gasteiger partial charge in [0.15, 0.2) is 0 Å². The maximum absolute atomic E-state index is 14.7. The van der Waals surface area contributed by atoms with Crippen LogP contribution in [0.4, 0.5) is 8.78 Å². The molecule has 2 nitrogen and oxygen atoms in total. The van der Waals surface area contributed by atoms with Crippen molar-refractivity contribution in [2.75, 3.05) is 0 Å². The molecule has 1 aliphatic rings. The lowest BCUT2D eigenvalue weighted by molar-refractivity contribution is -0.145. The van der Waals surface area contributed by atoms with Crippen LogP contribution < -0.4 is 0 Å². The monoisotopic (exact) mass is 358 g/mol. The van der Waals surface area contributed by atoms with Gasteiger partial charge in [-0.1, -0.05) is 44.0 Å². The first-order valence-corrected chi connectivity index (χ1v) is 9.25. The third-order valence-electron chi connectivity index (χ3n) is 5.74. The molecule has 0 radical (unpaired) electrons. The summed E-state index contributed by atoms with van der Waals surface area (Å²) in [5.74, 6) is -1.15. The lowest BCUT2D eigenvalue weighted by atomic mass is 9.66. The first-order chi connectivity index (χ1) is 12.5. The Morgan fingerprint density at radius 2 is 1.77 bits per heavy atom. The van der Waals surface area contributed by atoms with Crippen LogP contribution in [0.2, 0.25) is 0 Å². The zero-order valence-corrected chi connectivity index (χ0v) is 15.0. The van der Waals surface area contributed by atoms with E-state index in [9.17, 15) is 18.7 Å². The fourth-order valence-electron chi connectivity index (χ4n) is 4.17. The van der Waals surface area contributed by atoms with Gasteiger partial charge in [0.05, 0.1) is 5.41 Å². The maximum Gasteiger partial charge on any atom is 0.314 e. The van der Waals surface area contributed by atoms with Crippen LogP contribution in [0.1, 0.15) is 51.0 Å². The van der Waals surface area contributed by atoms with E-state index in [-0.39, 0.29) is 5.82 Å². The first kappa shape index (κ1) is 18.6. The van der Waals surface area contributed by atoms with Crippen LogP contribution in [-0.4, -0.2) is 11.1 Å². The Hall–Kier alpha value is -2.23. The molecule has 26 heavy (non-hydrogen) atoms.